The van der Waals surface area contributed by atoms with E-state index >= 15 is 0 Å². The van der Waals surface area contributed by atoms with Crippen molar-refractivity contribution in [2.75, 3.05) is 18.1 Å². The van der Waals surface area contributed by atoms with Gasteiger partial charge in [0.2, 0.25) is 6.79 Å². The van der Waals surface area contributed by atoms with Crippen molar-refractivity contribution < 1.29 is 22.8 Å². The van der Waals surface area contributed by atoms with Crippen molar-refractivity contribution in [3.05, 3.63) is 52.6 Å². The number of nitro groups is 1. The first kappa shape index (κ1) is 15.1. The van der Waals surface area contributed by atoms with Crippen LogP contribution in [0.25, 0.3) is 0 Å². The second-order valence-corrected chi connectivity index (χ2v) is 6.67. The fourth-order valence-corrected chi connectivity index (χ4v) is 3.54. The zero-order valence-electron chi connectivity index (χ0n) is 12.0. The fraction of sp³-hybridized carbons (Fsp3) is 0.143. The Morgan fingerprint density at radius 2 is 1.83 bits per heavy atom. The molecule has 0 saturated heterocycles. The van der Waals surface area contributed by atoms with E-state index in [9.17, 15) is 18.5 Å². The minimum Gasteiger partial charge on any atom is -0.454 e. The molecule has 0 bridgehead atoms. The molecule has 0 N–H and O–H groups in total. The Morgan fingerprint density at radius 1 is 1.13 bits per heavy atom. The Bertz CT molecular complexity index is 881. The number of fused-ring (bicyclic) bond motifs is 1. The van der Waals surface area contributed by atoms with E-state index in [0.29, 0.717) is 17.2 Å². The Labute approximate surface area is 132 Å². The van der Waals surface area contributed by atoms with Crippen LogP contribution >= 0.6 is 0 Å². The molecule has 9 heteroatoms. The van der Waals surface area contributed by atoms with Gasteiger partial charge in [-0.15, -0.1) is 0 Å². The number of hydrogen-bond donors (Lipinski definition) is 0. The van der Waals surface area contributed by atoms with Gasteiger partial charge in [0.25, 0.3) is 15.7 Å². The average Bonchev–Trinajstić information content (AvgIpc) is 3.01. The van der Waals surface area contributed by atoms with Gasteiger partial charge in [0, 0.05) is 19.2 Å². The lowest BCUT2D eigenvalue weighted by atomic mass is 10.3. The molecule has 0 fully saturated rings. The molecular formula is C14H12N2O6S. The highest BCUT2D eigenvalue weighted by Gasteiger charge is 2.30. The minimum absolute atomic E-state index is 0.0689. The highest BCUT2D eigenvalue weighted by molar-refractivity contribution is 7.93. The van der Waals surface area contributed by atoms with Gasteiger partial charge in [0.1, 0.15) is 0 Å². The first-order chi connectivity index (χ1) is 10.9. The molecule has 1 aliphatic rings. The van der Waals surface area contributed by atoms with E-state index in [0.717, 1.165) is 10.4 Å². The quantitative estimate of drug-likeness (QED) is 0.626. The van der Waals surface area contributed by atoms with E-state index in [-0.39, 0.29) is 11.7 Å². The van der Waals surface area contributed by atoms with Gasteiger partial charge < -0.3 is 9.47 Å². The molecule has 0 spiro atoms. The number of nitro benzene ring substituents is 1. The molecule has 0 aliphatic carbocycles. The SMILES string of the molecule is CN(c1ccc2c(c1)OCO2)S(=O)(=O)c1ccccc1[N+](=O)[O-]. The van der Waals surface area contributed by atoms with E-state index in [4.69, 9.17) is 9.47 Å². The number of ether oxygens (including phenoxy) is 2. The molecule has 23 heavy (non-hydrogen) atoms. The third-order valence-corrected chi connectivity index (χ3v) is 5.25. The summed E-state index contributed by atoms with van der Waals surface area (Å²) in [5.41, 5.74) is -0.160. The number of nitrogens with zero attached hydrogens (tertiary/aromatic N) is 2. The van der Waals surface area contributed by atoms with E-state index < -0.39 is 20.6 Å². The normalized spacial score (nSPS) is 12.9. The Hall–Kier alpha value is -2.81. The van der Waals surface area contributed by atoms with Crippen LogP contribution in [-0.2, 0) is 10.0 Å². The number of hydrogen-bond acceptors (Lipinski definition) is 6. The Morgan fingerprint density at radius 3 is 2.57 bits per heavy atom. The van der Waals surface area contributed by atoms with Gasteiger partial charge in [0.15, 0.2) is 16.4 Å². The minimum atomic E-state index is -4.09. The van der Waals surface area contributed by atoms with E-state index in [1.54, 1.807) is 12.1 Å². The topological polar surface area (TPSA) is 99.0 Å². The van der Waals surface area contributed by atoms with Crippen molar-refractivity contribution in [2.24, 2.45) is 0 Å². The highest BCUT2D eigenvalue weighted by Crippen LogP contribution is 2.37. The van der Waals surface area contributed by atoms with Gasteiger partial charge in [-0.05, 0) is 18.2 Å². The molecule has 0 aromatic heterocycles. The summed E-state index contributed by atoms with van der Waals surface area (Å²) in [6.07, 6.45) is 0. The van der Waals surface area contributed by atoms with Crippen LogP contribution in [0.5, 0.6) is 11.5 Å². The number of sulfonamides is 1. The molecule has 2 aromatic rings. The monoisotopic (exact) mass is 336 g/mol. The van der Waals surface area contributed by atoms with Crippen molar-refractivity contribution in [3.8, 4) is 11.5 Å². The van der Waals surface area contributed by atoms with Crippen LogP contribution in [0.15, 0.2) is 47.4 Å². The maximum absolute atomic E-state index is 12.7. The summed E-state index contributed by atoms with van der Waals surface area (Å²) < 4.78 is 36.8. The predicted octanol–water partition coefficient (Wildman–Crippen LogP) is 2.15. The Kier molecular flexibility index (Phi) is 3.57. The van der Waals surface area contributed by atoms with Gasteiger partial charge in [-0.25, -0.2) is 8.42 Å². The van der Waals surface area contributed by atoms with Crippen LogP contribution in [0.1, 0.15) is 0 Å². The average molecular weight is 336 g/mol. The van der Waals surface area contributed by atoms with Crippen LogP contribution in [0, 0.1) is 10.1 Å². The maximum atomic E-state index is 12.7. The van der Waals surface area contributed by atoms with Crippen LogP contribution in [0.2, 0.25) is 0 Å². The van der Waals surface area contributed by atoms with Crippen molar-refractivity contribution in [3.63, 3.8) is 0 Å². The number of para-hydroxylation sites is 1. The van der Waals surface area contributed by atoms with E-state index in [2.05, 4.69) is 0 Å². The number of rotatable bonds is 4. The summed E-state index contributed by atoms with van der Waals surface area (Å²) in [7, 11) is -2.77. The van der Waals surface area contributed by atoms with E-state index in [1.165, 1.54) is 31.3 Å². The maximum Gasteiger partial charge on any atom is 0.289 e. The zero-order chi connectivity index (χ0) is 16.6. The molecule has 0 radical (unpaired) electrons. The first-order valence-corrected chi connectivity index (χ1v) is 7.97. The lowest BCUT2D eigenvalue weighted by Gasteiger charge is -2.19. The van der Waals surface area contributed by atoms with Gasteiger partial charge in [-0.3, -0.25) is 14.4 Å². The van der Waals surface area contributed by atoms with Crippen LogP contribution in [0.3, 0.4) is 0 Å². The van der Waals surface area contributed by atoms with Gasteiger partial charge >= 0.3 is 0 Å². The summed E-state index contributed by atoms with van der Waals surface area (Å²) in [5.74, 6) is 0.942. The molecule has 0 saturated carbocycles. The summed E-state index contributed by atoms with van der Waals surface area (Å²) in [6, 6.07) is 9.85. The van der Waals surface area contributed by atoms with Crippen LogP contribution < -0.4 is 13.8 Å². The van der Waals surface area contributed by atoms with Gasteiger partial charge in [-0.2, -0.15) is 0 Å². The molecule has 3 rings (SSSR count). The van der Waals surface area contributed by atoms with E-state index in [1.807, 2.05) is 0 Å². The van der Waals surface area contributed by atoms with Gasteiger partial charge in [0.05, 0.1) is 10.6 Å². The van der Waals surface area contributed by atoms with Crippen molar-refractivity contribution >= 4 is 21.4 Å². The second-order valence-electron chi connectivity index (χ2n) is 4.73. The lowest BCUT2D eigenvalue weighted by Crippen LogP contribution is -2.27. The van der Waals surface area contributed by atoms with Crippen LogP contribution in [-0.4, -0.2) is 27.2 Å². The summed E-state index contributed by atoms with van der Waals surface area (Å²) in [5, 5.41) is 11.1. The highest BCUT2D eigenvalue weighted by atomic mass is 32.2. The smallest absolute Gasteiger partial charge is 0.289 e. The van der Waals surface area contributed by atoms with Gasteiger partial charge in [-0.1, -0.05) is 12.1 Å². The first-order valence-electron chi connectivity index (χ1n) is 6.53. The molecule has 1 heterocycles. The summed E-state index contributed by atoms with van der Waals surface area (Å²) in [4.78, 5) is 9.97. The number of anilines is 1. The summed E-state index contributed by atoms with van der Waals surface area (Å²) >= 11 is 0. The standard InChI is InChI=1S/C14H12N2O6S/c1-15(10-6-7-12-13(8-10)22-9-21-12)23(19,20)14-5-3-2-4-11(14)16(17)18/h2-8H,9H2,1H3. The molecule has 0 amide bonds. The third-order valence-electron chi connectivity index (χ3n) is 3.42. The van der Waals surface area contributed by atoms with Crippen molar-refractivity contribution in [2.45, 2.75) is 4.90 Å². The molecular weight excluding hydrogens is 324 g/mol. The molecule has 8 nitrogen and oxygen atoms in total. The molecule has 120 valence electrons. The van der Waals surface area contributed by atoms with Crippen molar-refractivity contribution in [1.82, 2.24) is 0 Å². The second kappa shape index (κ2) is 5.43. The molecule has 0 atom stereocenters. The third kappa shape index (κ3) is 2.55. The molecule has 0 unspecified atom stereocenters. The predicted molar refractivity (Wildman–Crippen MR) is 81.3 cm³/mol. The zero-order valence-corrected chi connectivity index (χ0v) is 12.8. The molecule has 2 aromatic carbocycles. The van der Waals surface area contributed by atoms with Crippen molar-refractivity contribution in [1.29, 1.82) is 0 Å². The Balaban J connectivity index is 2.05. The number of benzene rings is 2. The summed E-state index contributed by atoms with van der Waals surface area (Å²) in [6.45, 7) is 0.0689. The fourth-order valence-electron chi connectivity index (χ4n) is 2.19. The largest absolute Gasteiger partial charge is 0.454 e. The lowest BCUT2D eigenvalue weighted by molar-refractivity contribution is -0.387. The molecule has 1 aliphatic heterocycles. The van der Waals surface area contributed by atoms with Crippen LogP contribution in [0.4, 0.5) is 11.4 Å².